The summed E-state index contributed by atoms with van der Waals surface area (Å²) in [5.74, 6) is 1.00. The van der Waals surface area contributed by atoms with Gasteiger partial charge >= 0.3 is 0 Å². The highest BCUT2D eigenvalue weighted by atomic mass is 32.1. The summed E-state index contributed by atoms with van der Waals surface area (Å²) in [6, 6.07) is 19.2. The van der Waals surface area contributed by atoms with Crippen molar-refractivity contribution < 1.29 is 13.7 Å². The van der Waals surface area contributed by atoms with Crippen molar-refractivity contribution in [3.05, 3.63) is 65.7 Å². The average Bonchev–Trinajstić information content (AvgIpc) is 3.48. The van der Waals surface area contributed by atoms with Gasteiger partial charge in [0, 0.05) is 11.0 Å². The van der Waals surface area contributed by atoms with Gasteiger partial charge in [-0.1, -0.05) is 67.8 Å². The van der Waals surface area contributed by atoms with Gasteiger partial charge in [0.15, 0.2) is 12.5 Å². The van der Waals surface area contributed by atoms with Crippen LogP contribution in [0.25, 0.3) is 0 Å². The highest BCUT2D eigenvalue weighted by molar-refractivity contribution is 7.44. The molecule has 2 fully saturated rings. The maximum absolute atomic E-state index is 7.83. The van der Waals surface area contributed by atoms with Gasteiger partial charge in [0.05, 0.1) is 6.61 Å². The molecule has 2 unspecified atom stereocenters. The maximum atomic E-state index is 7.83. The lowest BCUT2D eigenvalue weighted by Crippen LogP contribution is -2.37. The number of rotatable bonds is 1. The lowest BCUT2D eigenvalue weighted by molar-refractivity contribution is 0.0639. The summed E-state index contributed by atoms with van der Waals surface area (Å²) in [6.07, 6.45) is 6.64. The number of hydrogen-bond donors (Lipinski definition) is 0. The van der Waals surface area contributed by atoms with Gasteiger partial charge < -0.3 is 9.47 Å². The minimum absolute atomic E-state index is 0.174. The Hall–Kier alpha value is -1.78. The first kappa shape index (κ1) is 16.7. The quantitative estimate of drug-likeness (QED) is 0.714. The van der Waals surface area contributed by atoms with Crippen LogP contribution >= 0.6 is 0 Å². The van der Waals surface area contributed by atoms with E-state index in [0.717, 1.165) is 12.4 Å². The lowest BCUT2D eigenvalue weighted by Gasteiger charge is -2.35. The fourth-order valence-corrected chi connectivity index (χ4v) is 4.83. The summed E-state index contributed by atoms with van der Waals surface area (Å²) in [6.45, 7) is 0.795. The van der Waals surface area contributed by atoms with E-state index >= 15 is 0 Å². The highest BCUT2D eigenvalue weighted by Crippen LogP contribution is 2.64. The highest BCUT2D eigenvalue weighted by Gasteiger charge is 2.69. The summed E-state index contributed by atoms with van der Waals surface area (Å²) in [5.41, 5.74) is 2.35. The standard InChI is InChI=1S/C21H22O2.OS/c1-3-9-16(10-4-1)21-17-11-5-6-12-18(17)22-15-20(19(21)23-21)13-7-2-8-14-20;1-2/h1,3-6,9-12,19H,2,7-8,13-15H2;. The molecule has 130 valence electrons. The smallest absolute Gasteiger partial charge is 0.197 e. The number of ether oxygens (including phenoxy) is 2. The van der Waals surface area contributed by atoms with Crippen LogP contribution in [-0.2, 0) is 22.9 Å². The number of epoxide rings is 1. The lowest BCUT2D eigenvalue weighted by atomic mass is 9.68. The van der Waals surface area contributed by atoms with E-state index in [9.17, 15) is 0 Å². The van der Waals surface area contributed by atoms with E-state index in [0.29, 0.717) is 0 Å². The molecule has 4 heteroatoms. The molecule has 1 saturated heterocycles. The van der Waals surface area contributed by atoms with Gasteiger partial charge in [-0.3, -0.25) is 0 Å². The van der Waals surface area contributed by atoms with E-state index in [-0.39, 0.29) is 17.1 Å². The third-order valence-corrected chi connectivity index (χ3v) is 6.03. The van der Waals surface area contributed by atoms with E-state index in [1.54, 1.807) is 0 Å². The van der Waals surface area contributed by atoms with Crippen LogP contribution in [0, 0.1) is 5.41 Å². The van der Waals surface area contributed by atoms with E-state index < -0.39 is 0 Å². The second kappa shape index (κ2) is 6.50. The molecule has 0 N–H and O–H groups in total. The number of para-hydroxylation sites is 1. The van der Waals surface area contributed by atoms with Crippen molar-refractivity contribution in [1.29, 1.82) is 0 Å². The molecule has 1 aliphatic carbocycles. The molecule has 3 nitrogen and oxygen atoms in total. The number of benzene rings is 2. The Morgan fingerprint density at radius 2 is 1.56 bits per heavy atom. The molecule has 1 spiro atoms. The summed E-state index contributed by atoms with van der Waals surface area (Å²) >= 11 is 2.83. The van der Waals surface area contributed by atoms with Crippen molar-refractivity contribution in [3.8, 4) is 5.75 Å². The Kier molecular flexibility index (Phi) is 4.34. The maximum Gasteiger partial charge on any atom is 0.197 e. The Bertz CT molecular complexity index is 742. The van der Waals surface area contributed by atoms with Crippen molar-refractivity contribution >= 4 is 12.5 Å². The van der Waals surface area contributed by atoms with Gasteiger partial charge in [0.1, 0.15) is 17.5 Å². The SMILES string of the molecule is O=S.c1ccc(C23OC2C2(CCCCC2)COc2ccccc23)cc1. The molecule has 0 aromatic heterocycles. The van der Waals surface area contributed by atoms with Crippen LogP contribution in [0.15, 0.2) is 54.6 Å². The number of fused-ring (bicyclic) bond motifs is 4. The summed E-state index contributed by atoms with van der Waals surface area (Å²) in [4.78, 5) is 0. The molecule has 25 heavy (non-hydrogen) atoms. The van der Waals surface area contributed by atoms with Crippen molar-refractivity contribution in [1.82, 2.24) is 0 Å². The molecule has 3 aliphatic rings. The third kappa shape index (κ3) is 2.51. The van der Waals surface area contributed by atoms with E-state index in [1.807, 2.05) is 0 Å². The van der Waals surface area contributed by atoms with Gasteiger partial charge in [-0.2, -0.15) is 4.21 Å². The Balaban J connectivity index is 0.000000758. The van der Waals surface area contributed by atoms with Gasteiger partial charge in [0.2, 0.25) is 0 Å². The molecule has 0 amide bonds. The van der Waals surface area contributed by atoms with Crippen LogP contribution in [0.5, 0.6) is 5.75 Å². The molecule has 1 saturated carbocycles. The minimum atomic E-state index is -0.300. The van der Waals surface area contributed by atoms with Gasteiger partial charge in [-0.05, 0) is 24.5 Å². The van der Waals surface area contributed by atoms with E-state index in [1.165, 1.54) is 43.2 Å². The Morgan fingerprint density at radius 3 is 2.32 bits per heavy atom. The Morgan fingerprint density at radius 1 is 0.880 bits per heavy atom. The summed E-state index contributed by atoms with van der Waals surface area (Å²) < 4.78 is 20.7. The fourth-order valence-electron chi connectivity index (χ4n) is 4.83. The summed E-state index contributed by atoms with van der Waals surface area (Å²) in [5, 5.41) is 0. The van der Waals surface area contributed by atoms with Crippen molar-refractivity contribution in [2.45, 2.75) is 43.8 Å². The molecule has 5 rings (SSSR count). The van der Waals surface area contributed by atoms with Crippen molar-refractivity contribution in [3.63, 3.8) is 0 Å². The second-order valence-electron chi connectivity index (χ2n) is 7.31. The predicted molar refractivity (Wildman–Crippen MR) is 97.7 cm³/mol. The van der Waals surface area contributed by atoms with Crippen molar-refractivity contribution in [2.75, 3.05) is 6.61 Å². The molecule has 2 heterocycles. The van der Waals surface area contributed by atoms with Crippen LogP contribution in [0.2, 0.25) is 0 Å². The van der Waals surface area contributed by atoms with Crippen LogP contribution in [0.3, 0.4) is 0 Å². The molecular formula is C21H22O3S. The van der Waals surface area contributed by atoms with E-state index in [4.69, 9.17) is 13.7 Å². The molecule has 2 atom stereocenters. The first-order valence-corrected chi connectivity index (χ1v) is 9.31. The van der Waals surface area contributed by atoms with E-state index in [2.05, 4.69) is 67.1 Å². The average molecular weight is 354 g/mol. The van der Waals surface area contributed by atoms with Gasteiger partial charge in [-0.15, -0.1) is 0 Å². The molecular weight excluding hydrogens is 332 g/mol. The zero-order valence-electron chi connectivity index (χ0n) is 14.1. The molecule has 2 aromatic carbocycles. The zero-order chi connectivity index (χ0) is 17.3. The molecule has 2 aliphatic heterocycles. The molecule has 0 radical (unpaired) electrons. The Labute approximate surface area is 153 Å². The molecule has 0 bridgehead atoms. The van der Waals surface area contributed by atoms with Crippen LogP contribution in [0.1, 0.15) is 43.2 Å². The normalized spacial score (nSPS) is 28.4. The van der Waals surface area contributed by atoms with Gasteiger partial charge in [0.25, 0.3) is 0 Å². The predicted octanol–water partition coefficient (Wildman–Crippen LogP) is 4.34. The largest absolute Gasteiger partial charge is 0.492 e. The molecule has 2 aromatic rings. The van der Waals surface area contributed by atoms with Crippen LogP contribution in [0.4, 0.5) is 0 Å². The number of hydrogen-bond acceptors (Lipinski definition) is 4. The fraction of sp³-hybridized carbons (Fsp3) is 0.429. The van der Waals surface area contributed by atoms with Crippen molar-refractivity contribution in [2.24, 2.45) is 5.41 Å². The van der Waals surface area contributed by atoms with Crippen LogP contribution in [-0.4, -0.2) is 16.9 Å². The first-order valence-electron chi connectivity index (χ1n) is 8.98. The third-order valence-electron chi connectivity index (χ3n) is 6.03. The monoisotopic (exact) mass is 354 g/mol. The second-order valence-corrected chi connectivity index (χ2v) is 7.31. The zero-order valence-corrected chi connectivity index (χ0v) is 15.0. The minimum Gasteiger partial charge on any atom is -0.492 e. The van der Waals surface area contributed by atoms with Gasteiger partial charge in [-0.25, -0.2) is 0 Å². The summed E-state index contributed by atoms with van der Waals surface area (Å²) in [7, 11) is 0. The topological polar surface area (TPSA) is 38.8 Å². The van der Waals surface area contributed by atoms with Crippen LogP contribution < -0.4 is 4.74 Å². The first-order chi connectivity index (χ1) is 12.4.